The molecule has 0 spiro atoms. The van der Waals surface area contributed by atoms with Gasteiger partial charge in [0.2, 0.25) is 5.91 Å². The number of aliphatic hydroxyl groups is 3. The van der Waals surface area contributed by atoms with Gasteiger partial charge in [-0.2, -0.15) is 0 Å². The number of hydrogen-bond donors (Lipinski definition) is 4. The quantitative estimate of drug-likeness (QED) is 0.241. The summed E-state index contributed by atoms with van der Waals surface area (Å²) in [5.74, 6) is 0.522. The van der Waals surface area contributed by atoms with E-state index >= 15 is 0 Å². The van der Waals surface area contributed by atoms with Crippen molar-refractivity contribution in [3.05, 3.63) is 0 Å². The number of rotatable bonds is 7. The van der Waals surface area contributed by atoms with E-state index in [1.54, 1.807) is 0 Å². The summed E-state index contributed by atoms with van der Waals surface area (Å²) in [6, 6.07) is 0. The molecule has 0 saturated heterocycles. The first-order valence-corrected chi connectivity index (χ1v) is 15.1. The molecule has 4 aliphatic carbocycles. The zero-order valence-corrected chi connectivity index (χ0v) is 25.2. The maximum atomic E-state index is 12.2. The molecule has 0 aromatic carbocycles. The maximum Gasteiger partial charge on any atom is 1.00 e. The molecule has 11 atom stereocenters. The van der Waals surface area contributed by atoms with Crippen LogP contribution in [0.2, 0.25) is 0 Å². The van der Waals surface area contributed by atoms with Crippen molar-refractivity contribution in [1.29, 1.82) is 0 Å². The van der Waals surface area contributed by atoms with Crippen LogP contribution in [0.1, 0.15) is 78.6 Å². The SMILES string of the molecule is C[C@@H](CCC(=O)NCCS(=O)(=O)[O-])[C@@H]1CC[C@@H]2[C@H]3[C@H](O)C[C@H]4C[C@H](O)CC[C@@]4(C)[C@@H]3C[C@@H](O)[C@]21C.[Na+]. The fourth-order valence-electron chi connectivity index (χ4n) is 9.10. The molecule has 0 aromatic rings. The molecule has 4 N–H and O–H groups in total. The monoisotopic (exact) mass is 537 g/mol. The Kier molecular flexibility index (Phi) is 9.75. The van der Waals surface area contributed by atoms with E-state index in [0.717, 1.165) is 38.5 Å². The molecular weight excluding hydrogens is 493 g/mol. The zero-order valence-electron chi connectivity index (χ0n) is 22.4. The average Bonchev–Trinajstić information content (AvgIpc) is 3.12. The molecule has 4 fully saturated rings. The van der Waals surface area contributed by atoms with E-state index in [9.17, 15) is 33.1 Å². The van der Waals surface area contributed by atoms with Crippen LogP contribution in [-0.2, 0) is 14.9 Å². The first-order chi connectivity index (χ1) is 16.3. The summed E-state index contributed by atoms with van der Waals surface area (Å²) in [5.41, 5.74) is -0.267. The Labute approximate surface area is 238 Å². The number of amides is 1. The van der Waals surface area contributed by atoms with Gasteiger partial charge in [0.05, 0.1) is 34.2 Å². The third-order valence-electron chi connectivity index (χ3n) is 11.0. The molecule has 202 valence electrons. The first kappa shape index (κ1) is 30.8. The van der Waals surface area contributed by atoms with Crippen LogP contribution >= 0.6 is 0 Å². The molecule has 36 heavy (non-hydrogen) atoms. The van der Waals surface area contributed by atoms with Crippen molar-refractivity contribution >= 4 is 16.0 Å². The molecule has 4 rings (SSSR count). The first-order valence-electron chi connectivity index (χ1n) is 13.5. The number of nitrogens with one attached hydrogen (secondary N) is 1. The molecule has 4 aliphatic rings. The van der Waals surface area contributed by atoms with Gasteiger partial charge in [-0.25, -0.2) is 8.42 Å². The smallest absolute Gasteiger partial charge is 0.748 e. The van der Waals surface area contributed by atoms with E-state index < -0.39 is 28.1 Å². The second-order valence-electron chi connectivity index (χ2n) is 12.7. The van der Waals surface area contributed by atoms with E-state index in [0.29, 0.717) is 18.8 Å². The summed E-state index contributed by atoms with van der Waals surface area (Å²) in [4.78, 5) is 12.2. The van der Waals surface area contributed by atoms with Crippen LogP contribution in [0.15, 0.2) is 0 Å². The molecule has 0 aliphatic heterocycles. The summed E-state index contributed by atoms with van der Waals surface area (Å²) in [6.07, 6.45) is 5.58. The average molecular weight is 538 g/mol. The van der Waals surface area contributed by atoms with E-state index in [4.69, 9.17) is 0 Å². The largest absolute Gasteiger partial charge is 1.00 e. The van der Waals surface area contributed by atoms with Gasteiger partial charge in [-0.05, 0) is 97.7 Å². The minimum absolute atomic E-state index is 0. The molecule has 4 saturated carbocycles. The summed E-state index contributed by atoms with van der Waals surface area (Å²) >= 11 is 0. The van der Waals surface area contributed by atoms with Crippen LogP contribution in [0.5, 0.6) is 0 Å². The van der Waals surface area contributed by atoms with Gasteiger partial charge in [0.15, 0.2) is 0 Å². The molecule has 0 radical (unpaired) electrons. The molecule has 0 aromatic heterocycles. The van der Waals surface area contributed by atoms with E-state index in [-0.39, 0.29) is 95.0 Å². The fraction of sp³-hybridized carbons (Fsp3) is 0.962. The van der Waals surface area contributed by atoms with Gasteiger partial charge in [-0.15, -0.1) is 0 Å². The molecule has 0 heterocycles. The predicted octanol–water partition coefficient (Wildman–Crippen LogP) is -0.970. The molecule has 8 nitrogen and oxygen atoms in total. The molecule has 10 heteroatoms. The Bertz CT molecular complexity index is 903. The van der Waals surface area contributed by atoms with Gasteiger partial charge in [-0.3, -0.25) is 4.79 Å². The Morgan fingerprint density at radius 2 is 1.78 bits per heavy atom. The van der Waals surface area contributed by atoms with Crippen LogP contribution in [-0.4, -0.2) is 64.8 Å². The number of carbonyl (C=O) groups is 1. The van der Waals surface area contributed by atoms with Gasteiger partial charge in [0.25, 0.3) is 0 Å². The third kappa shape index (κ3) is 5.74. The van der Waals surface area contributed by atoms with Crippen molar-refractivity contribution in [2.45, 2.75) is 96.9 Å². The van der Waals surface area contributed by atoms with Crippen molar-refractivity contribution in [3.63, 3.8) is 0 Å². The number of aliphatic hydroxyl groups excluding tert-OH is 3. The van der Waals surface area contributed by atoms with Crippen LogP contribution in [0, 0.1) is 46.3 Å². The Hall–Kier alpha value is 0.260. The van der Waals surface area contributed by atoms with Crippen molar-refractivity contribution in [2.75, 3.05) is 12.3 Å². The van der Waals surface area contributed by atoms with Gasteiger partial charge >= 0.3 is 29.6 Å². The van der Waals surface area contributed by atoms with E-state index in [1.807, 2.05) is 0 Å². The van der Waals surface area contributed by atoms with Crippen molar-refractivity contribution in [1.82, 2.24) is 5.32 Å². The maximum absolute atomic E-state index is 12.2. The van der Waals surface area contributed by atoms with E-state index in [1.165, 1.54) is 0 Å². The van der Waals surface area contributed by atoms with Crippen LogP contribution in [0.4, 0.5) is 0 Å². The minimum Gasteiger partial charge on any atom is -0.748 e. The van der Waals surface area contributed by atoms with Crippen LogP contribution < -0.4 is 34.9 Å². The summed E-state index contributed by atoms with van der Waals surface area (Å²) < 4.78 is 32.2. The fourth-order valence-corrected chi connectivity index (χ4v) is 9.45. The van der Waals surface area contributed by atoms with Crippen molar-refractivity contribution < 1.29 is 62.6 Å². The number of carbonyl (C=O) groups excluding carboxylic acids is 1. The standard InChI is InChI=1S/C26H45NO7S.Na/c1-15(4-7-23(31)27-10-11-35(32,33)34)18-5-6-19-24-20(14-22(30)26(18,19)3)25(2)9-8-17(28)12-16(25)13-21(24)29;/h15-22,24,28-30H,4-14H2,1-3H3,(H,27,31)(H,32,33,34);/q;+1/p-1/t15-,16+,17+,18-,19+,20+,21+,22+,24+,25+,26-;/m0./s1. The van der Waals surface area contributed by atoms with Crippen LogP contribution in [0.3, 0.4) is 0 Å². The van der Waals surface area contributed by atoms with Crippen LogP contribution in [0.25, 0.3) is 0 Å². The number of fused-ring (bicyclic) bond motifs is 5. The van der Waals surface area contributed by atoms with Gasteiger partial charge in [-0.1, -0.05) is 20.8 Å². The van der Waals surface area contributed by atoms with Crippen molar-refractivity contribution in [3.8, 4) is 0 Å². The predicted molar refractivity (Wildman–Crippen MR) is 130 cm³/mol. The van der Waals surface area contributed by atoms with Gasteiger partial charge in [0.1, 0.15) is 0 Å². The second-order valence-corrected chi connectivity index (χ2v) is 14.2. The number of hydrogen-bond acceptors (Lipinski definition) is 7. The molecular formula is C26H44NNaO7S. The Balaban J connectivity index is 0.00000361. The van der Waals surface area contributed by atoms with Crippen molar-refractivity contribution in [2.24, 2.45) is 46.3 Å². The summed E-state index contributed by atoms with van der Waals surface area (Å²) in [5, 5.41) is 35.7. The van der Waals surface area contributed by atoms with Gasteiger partial charge in [0, 0.05) is 13.0 Å². The topological polar surface area (TPSA) is 147 Å². The second kappa shape index (κ2) is 11.4. The minimum atomic E-state index is -4.35. The van der Waals surface area contributed by atoms with Gasteiger partial charge < -0.3 is 25.2 Å². The molecule has 1 amide bonds. The van der Waals surface area contributed by atoms with E-state index in [2.05, 4.69) is 26.1 Å². The summed E-state index contributed by atoms with van der Waals surface area (Å²) in [7, 11) is -4.35. The summed E-state index contributed by atoms with van der Waals surface area (Å²) in [6.45, 7) is 6.48. The molecule has 0 bridgehead atoms. The zero-order chi connectivity index (χ0) is 25.8. The Morgan fingerprint density at radius 1 is 1.08 bits per heavy atom. The Morgan fingerprint density at radius 3 is 2.44 bits per heavy atom. The molecule has 0 unspecified atom stereocenters. The normalized spacial score (nSPS) is 45.0. The third-order valence-corrected chi connectivity index (χ3v) is 11.7.